The number of urea groups is 1. The topological polar surface area (TPSA) is 105 Å². The molecule has 0 radical (unpaired) electrons. The van der Waals surface area contributed by atoms with Gasteiger partial charge < -0.3 is 19.9 Å². The summed E-state index contributed by atoms with van der Waals surface area (Å²) in [7, 11) is 0. The minimum Gasteiger partial charge on any atom is -0.379 e. The predicted octanol–water partition coefficient (Wildman–Crippen LogP) is 1.30. The van der Waals surface area contributed by atoms with Gasteiger partial charge in [0.1, 0.15) is 12.1 Å². The van der Waals surface area contributed by atoms with Gasteiger partial charge in [-0.2, -0.15) is 5.26 Å². The number of thiocarbonyl (C=S) groups is 1. The molecule has 6 rings (SSSR count). The number of carbonyl (C=O) groups is 2. The van der Waals surface area contributed by atoms with Crippen molar-refractivity contribution >= 4 is 45.9 Å². The Labute approximate surface area is 214 Å². The molecule has 3 atom stereocenters. The van der Waals surface area contributed by atoms with Crippen molar-refractivity contribution in [2.45, 2.75) is 31.0 Å². The molecule has 2 aromatic rings. The molecule has 11 heteroatoms. The lowest BCUT2D eigenvalue weighted by Crippen LogP contribution is -2.57. The molecular weight excluding hydrogens is 478 g/mol. The van der Waals surface area contributed by atoms with Gasteiger partial charge in [-0.1, -0.05) is 0 Å². The van der Waals surface area contributed by atoms with Gasteiger partial charge in [-0.25, -0.2) is 9.69 Å². The van der Waals surface area contributed by atoms with Gasteiger partial charge in [0.25, 0.3) is 5.91 Å². The molecule has 4 aliphatic heterocycles. The minimum atomic E-state index is -0.563. The second-order valence-electron chi connectivity index (χ2n) is 9.60. The van der Waals surface area contributed by atoms with Crippen molar-refractivity contribution in [1.82, 2.24) is 25.0 Å². The number of anilines is 1. The van der Waals surface area contributed by atoms with Crippen molar-refractivity contribution in [3.05, 3.63) is 36.0 Å². The number of imide groups is 1. The van der Waals surface area contributed by atoms with Gasteiger partial charge in [0, 0.05) is 37.8 Å². The lowest BCUT2D eigenvalue weighted by atomic mass is 10.1. The van der Waals surface area contributed by atoms with Crippen LogP contribution in [0.5, 0.6) is 0 Å². The number of rotatable bonds is 5. The number of piperazine rings is 1. The summed E-state index contributed by atoms with van der Waals surface area (Å²) in [4.78, 5) is 38.9. The van der Waals surface area contributed by atoms with E-state index >= 15 is 0 Å². The zero-order valence-electron chi connectivity index (χ0n) is 19.8. The minimum absolute atomic E-state index is 0.0580. The maximum Gasteiger partial charge on any atom is 0.332 e. The maximum absolute atomic E-state index is 13.7. The van der Waals surface area contributed by atoms with E-state index in [2.05, 4.69) is 26.2 Å². The number of hydrogen-bond acceptors (Lipinski definition) is 7. The number of carbonyl (C=O) groups excluding carboxylic acids is 2. The Balaban J connectivity index is 1.16. The van der Waals surface area contributed by atoms with Crippen LogP contribution >= 0.6 is 12.2 Å². The number of aromatic nitrogens is 1. The van der Waals surface area contributed by atoms with Crippen LogP contribution in [0.15, 0.2) is 30.5 Å². The number of ether oxygens (including phenoxy) is 1. The molecule has 186 valence electrons. The molecule has 1 aromatic carbocycles. The molecule has 3 amide bonds. The third-order valence-corrected chi connectivity index (χ3v) is 8.04. The van der Waals surface area contributed by atoms with Crippen LogP contribution in [0.3, 0.4) is 0 Å². The Morgan fingerprint density at radius 3 is 2.89 bits per heavy atom. The number of nitrogens with zero attached hydrogens (tertiary/aromatic N) is 6. The van der Waals surface area contributed by atoms with Crippen LogP contribution in [0.4, 0.5) is 10.5 Å². The number of amides is 3. The fourth-order valence-electron chi connectivity index (χ4n) is 5.98. The average Bonchev–Trinajstić information content (AvgIpc) is 3.58. The molecule has 1 aromatic heterocycles. The third-order valence-electron chi connectivity index (χ3n) is 7.66. The summed E-state index contributed by atoms with van der Waals surface area (Å²) in [5.41, 5.74) is 1.36. The maximum atomic E-state index is 13.7. The highest BCUT2D eigenvalue weighted by molar-refractivity contribution is 7.80. The van der Waals surface area contributed by atoms with Crippen LogP contribution in [-0.4, -0.2) is 101 Å². The highest BCUT2D eigenvalue weighted by atomic mass is 32.1. The molecule has 4 aliphatic rings. The predicted molar refractivity (Wildman–Crippen MR) is 136 cm³/mol. The molecule has 10 nitrogen and oxygen atoms in total. The van der Waals surface area contributed by atoms with Crippen LogP contribution < -0.4 is 10.2 Å². The second-order valence-corrected chi connectivity index (χ2v) is 9.99. The Bertz CT molecular complexity index is 1270. The highest BCUT2D eigenvalue weighted by Crippen LogP contribution is 2.43. The molecule has 0 saturated carbocycles. The summed E-state index contributed by atoms with van der Waals surface area (Å²) in [5, 5.41) is 14.1. The van der Waals surface area contributed by atoms with Crippen molar-refractivity contribution in [3.63, 3.8) is 0 Å². The van der Waals surface area contributed by atoms with E-state index in [1.807, 2.05) is 0 Å². The smallest absolute Gasteiger partial charge is 0.332 e. The number of hydrogen-bond donors (Lipinski definition) is 1. The van der Waals surface area contributed by atoms with Gasteiger partial charge in [-0.05, 0) is 55.9 Å². The zero-order valence-corrected chi connectivity index (χ0v) is 20.6. The summed E-state index contributed by atoms with van der Waals surface area (Å²) in [5.74, 6) is -0.248. The molecule has 1 N–H and O–H groups in total. The lowest BCUT2D eigenvalue weighted by molar-refractivity contribution is -0.120. The molecule has 36 heavy (non-hydrogen) atoms. The van der Waals surface area contributed by atoms with Gasteiger partial charge in [-0.15, -0.1) is 0 Å². The molecule has 4 saturated heterocycles. The van der Waals surface area contributed by atoms with E-state index in [1.54, 1.807) is 35.4 Å². The first-order chi connectivity index (χ1) is 17.6. The number of fused-ring (bicyclic) bond motifs is 6. The quantitative estimate of drug-likeness (QED) is 0.366. The van der Waals surface area contributed by atoms with E-state index in [9.17, 15) is 14.9 Å². The number of pyridine rings is 1. The first-order valence-corrected chi connectivity index (χ1v) is 12.8. The van der Waals surface area contributed by atoms with Crippen LogP contribution in [0, 0.1) is 11.3 Å². The summed E-state index contributed by atoms with van der Waals surface area (Å²) in [6.45, 7) is 5.90. The number of likely N-dealkylation sites (tertiary alicyclic amines) is 1. The van der Waals surface area contributed by atoms with E-state index in [4.69, 9.17) is 17.0 Å². The van der Waals surface area contributed by atoms with Crippen molar-refractivity contribution in [1.29, 1.82) is 5.26 Å². The monoisotopic (exact) mass is 505 g/mol. The largest absolute Gasteiger partial charge is 0.379 e. The molecule has 0 unspecified atom stereocenters. The third kappa shape index (κ3) is 3.68. The summed E-state index contributed by atoms with van der Waals surface area (Å²) >= 11 is 5.70. The van der Waals surface area contributed by atoms with Gasteiger partial charge in [0.2, 0.25) is 0 Å². The first kappa shape index (κ1) is 23.1. The Morgan fingerprint density at radius 1 is 1.25 bits per heavy atom. The van der Waals surface area contributed by atoms with Crippen molar-refractivity contribution in [3.8, 4) is 6.07 Å². The second kappa shape index (κ2) is 9.28. The first-order valence-electron chi connectivity index (χ1n) is 12.4. The van der Waals surface area contributed by atoms with Gasteiger partial charge in [0.05, 0.1) is 42.1 Å². The van der Waals surface area contributed by atoms with Gasteiger partial charge in [0.15, 0.2) is 5.11 Å². The van der Waals surface area contributed by atoms with Crippen LogP contribution in [0.2, 0.25) is 0 Å². The number of benzene rings is 1. The van der Waals surface area contributed by atoms with Gasteiger partial charge >= 0.3 is 6.03 Å². The van der Waals surface area contributed by atoms with E-state index in [-0.39, 0.29) is 24.0 Å². The molecule has 0 spiro atoms. The van der Waals surface area contributed by atoms with Crippen molar-refractivity contribution in [2.75, 3.05) is 50.8 Å². The fourth-order valence-corrected chi connectivity index (χ4v) is 6.29. The normalized spacial score (nSPS) is 25.5. The summed E-state index contributed by atoms with van der Waals surface area (Å²) < 4.78 is 5.40. The summed E-state index contributed by atoms with van der Waals surface area (Å²) in [6.07, 6.45) is 3.32. The molecule has 4 fully saturated rings. The highest BCUT2D eigenvalue weighted by Gasteiger charge is 2.62. The Hall–Kier alpha value is -3.33. The Kier molecular flexibility index (Phi) is 5.95. The number of nitrogens with one attached hydrogen (secondary N) is 1. The van der Waals surface area contributed by atoms with Gasteiger partial charge in [-0.3, -0.25) is 14.7 Å². The van der Waals surface area contributed by atoms with Crippen molar-refractivity contribution in [2.24, 2.45) is 0 Å². The van der Waals surface area contributed by atoms with Crippen molar-refractivity contribution < 1.29 is 14.3 Å². The van der Waals surface area contributed by atoms with Crippen LogP contribution in [0.1, 0.15) is 18.4 Å². The number of morpholine rings is 1. The van der Waals surface area contributed by atoms with Crippen LogP contribution in [0.25, 0.3) is 10.9 Å². The van der Waals surface area contributed by atoms with Crippen LogP contribution in [-0.2, 0) is 9.53 Å². The fraction of sp³-hybridized carbons (Fsp3) is 0.480. The SMILES string of the molecule is N#Cc1ccc(N2C(=O)[C@@H]3[C@@H]4C[C@@H](CN4C(=S)NCCCN4CCOCC4)N3C2=O)c2cccnc12. The molecule has 2 bridgehead atoms. The summed E-state index contributed by atoms with van der Waals surface area (Å²) in [6, 6.07) is 7.88. The average molecular weight is 506 g/mol. The standard InChI is InChI=1S/C25H27N7O3S/c26-14-16-4-5-19(18-3-1-6-27-21(16)18)32-23(33)22-20-13-17(31(22)25(32)34)15-30(20)24(36)28-7-2-8-29-9-11-35-12-10-29/h1,3-6,17,20,22H,2,7-13,15H2,(H,28,36)/t17-,20-,22-/m0/s1. The molecular formula is C25H27N7O3S. The molecule has 0 aliphatic carbocycles. The lowest BCUT2D eigenvalue weighted by Gasteiger charge is -2.36. The van der Waals surface area contributed by atoms with E-state index in [0.29, 0.717) is 33.8 Å². The number of nitriles is 1. The van der Waals surface area contributed by atoms with E-state index in [0.717, 1.165) is 52.2 Å². The zero-order chi connectivity index (χ0) is 24.8. The van der Waals surface area contributed by atoms with E-state index < -0.39 is 6.04 Å². The van der Waals surface area contributed by atoms with E-state index in [1.165, 1.54) is 4.90 Å². The molecule has 5 heterocycles. The Morgan fingerprint density at radius 2 is 2.08 bits per heavy atom.